The third-order valence-corrected chi connectivity index (χ3v) is 3.11. The molecule has 130 valence electrons. The molecular formula is C16H25NO6. The van der Waals surface area contributed by atoms with Crippen molar-refractivity contribution in [2.75, 3.05) is 13.7 Å². The highest BCUT2D eigenvalue weighted by Gasteiger charge is 2.40. The second-order valence-electron chi connectivity index (χ2n) is 6.27. The van der Waals surface area contributed by atoms with Gasteiger partial charge in [-0.1, -0.05) is 13.3 Å². The van der Waals surface area contributed by atoms with Gasteiger partial charge < -0.3 is 14.2 Å². The summed E-state index contributed by atoms with van der Waals surface area (Å²) in [5, 5.41) is 0. The first kappa shape index (κ1) is 19.0. The molecule has 0 aromatic carbocycles. The van der Waals surface area contributed by atoms with E-state index < -0.39 is 29.7 Å². The molecule has 0 fully saturated rings. The molecule has 0 radical (unpaired) electrons. The number of carbonyl (C=O) groups excluding carboxylic acids is 3. The highest BCUT2D eigenvalue weighted by molar-refractivity contribution is 5.93. The fraction of sp³-hybridized carbons (Fsp3) is 0.688. The van der Waals surface area contributed by atoms with Gasteiger partial charge in [-0.25, -0.2) is 14.4 Å². The number of hydrogen-bond acceptors (Lipinski definition) is 6. The number of methoxy groups -OCH3 is 1. The first-order valence-corrected chi connectivity index (χ1v) is 7.66. The van der Waals surface area contributed by atoms with Crippen LogP contribution in [-0.2, 0) is 23.8 Å². The van der Waals surface area contributed by atoms with Crippen LogP contribution < -0.4 is 0 Å². The maximum atomic E-state index is 12.3. The summed E-state index contributed by atoms with van der Waals surface area (Å²) in [5.74, 6) is -1.14. The van der Waals surface area contributed by atoms with Gasteiger partial charge in [0.1, 0.15) is 11.6 Å². The number of amides is 1. The fourth-order valence-corrected chi connectivity index (χ4v) is 1.99. The first-order valence-electron chi connectivity index (χ1n) is 7.66. The van der Waals surface area contributed by atoms with Crippen LogP contribution in [0.5, 0.6) is 0 Å². The van der Waals surface area contributed by atoms with Crippen molar-refractivity contribution < 1.29 is 28.6 Å². The van der Waals surface area contributed by atoms with E-state index >= 15 is 0 Å². The van der Waals surface area contributed by atoms with Crippen LogP contribution in [0, 0.1) is 0 Å². The van der Waals surface area contributed by atoms with Crippen LogP contribution in [0.4, 0.5) is 4.79 Å². The van der Waals surface area contributed by atoms with Crippen molar-refractivity contribution in [3.05, 3.63) is 11.8 Å². The van der Waals surface area contributed by atoms with Crippen molar-refractivity contribution in [3.8, 4) is 0 Å². The molecule has 0 N–H and O–H groups in total. The van der Waals surface area contributed by atoms with Gasteiger partial charge in [0.05, 0.1) is 19.3 Å². The van der Waals surface area contributed by atoms with Gasteiger partial charge in [-0.05, 0) is 27.2 Å². The van der Waals surface area contributed by atoms with Crippen molar-refractivity contribution in [2.24, 2.45) is 0 Å². The Labute approximate surface area is 136 Å². The van der Waals surface area contributed by atoms with Gasteiger partial charge in [0.2, 0.25) is 0 Å². The number of rotatable bonds is 5. The van der Waals surface area contributed by atoms with E-state index in [1.165, 1.54) is 13.3 Å². The molecule has 0 bridgehead atoms. The monoisotopic (exact) mass is 327 g/mol. The van der Waals surface area contributed by atoms with Gasteiger partial charge >= 0.3 is 18.0 Å². The number of carbonyl (C=O) groups is 3. The Hall–Kier alpha value is -2.05. The second kappa shape index (κ2) is 7.99. The van der Waals surface area contributed by atoms with Crippen molar-refractivity contribution in [2.45, 2.75) is 58.6 Å². The molecule has 23 heavy (non-hydrogen) atoms. The van der Waals surface area contributed by atoms with Gasteiger partial charge in [-0.2, -0.15) is 0 Å². The van der Waals surface area contributed by atoms with Crippen LogP contribution in [0.3, 0.4) is 0 Å². The second-order valence-corrected chi connectivity index (χ2v) is 6.27. The summed E-state index contributed by atoms with van der Waals surface area (Å²) in [7, 11) is 1.24. The van der Waals surface area contributed by atoms with Crippen LogP contribution in [-0.4, -0.2) is 48.3 Å². The van der Waals surface area contributed by atoms with Gasteiger partial charge in [0.25, 0.3) is 0 Å². The number of hydrogen-bond donors (Lipinski definition) is 0. The maximum Gasteiger partial charge on any atom is 0.415 e. The average molecular weight is 327 g/mol. The highest BCUT2D eigenvalue weighted by atomic mass is 16.6. The lowest BCUT2D eigenvalue weighted by Gasteiger charge is -2.26. The molecule has 0 saturated carbocycles. The predicted octanol–water partition coefficient (Wildman–Crippen LogP) is 2.40. The fourth-order valence-electron chi connectivity index (χ4n) is 1.99. The Kier molecular flexibility index (Phi) is 6.60. The van der Waals surface area contributed by atoms with E-state index in [0.717, 1.165) is 17.7 Å². The molecule has 0 spiro atoms. The largest absolute Gasteiger partial charge is 0.466 e. The van der Waals surface area contributed by atoms with Gasteiger partial charge in [0.15, 0.2) is 0 Å². The third kappa shape index (κ3) is 5.58. The molecule has 1 rings (SSSR count). The summed E-state index contributed by atoms with van der Waals surface area (Å²) in [5.41, 5.74) is -0.480. The van der Waals surface area contributed by atoms with Crippen molar-refractivity contribution in [3.63, 3.8) is 0 Å². The van der Waals surface area contributed by atoms with Crippen LogP contribution >= 0.6 is 0 Å². The van der Waals surface area contributed by atoms with Crippen molar-refractivity contribution in [1.82, 2.24) is 4.90 Å². The number of unbranched alkanes of at least 4 members (excludes halogenated alkanes) is 1. The van der Waals surface area contributed by atoms with Crippen LogP contribution in [0.2, 0.25) is 0 Å². The summed E-state index contributed by atoms with van der Waals surface area (Å²) in [6, 6.07) is -0.907. The Morgan fingerprint density at radius 3 is 2.48 bits per heavy atom. The standard InChI is InChI=1S/C16H25NO6/c1-6-7-8-22-14(19)12-9-11(13(18)21-5)10-17(12)15(20)23-16(2,3)4/h10,12H,6-9H2,1-5H3/t12-/m0/s1. The molecule has 0 aromatic heterocycles. The van der Waals surface area contributed by atoms with Gasteiger partial charge in [0, 0.05) is 12.6 Å². The lowest BCUT2D eigenvalue weighted by atomic mass is 10.1. The minimum absolute atomic E-state index is 0.0525. The van der Waals surface area contributed by atoms with Crippen molar-refractivity contribution >= 4 is 18.0 Å². The van der Waals surface area contributed by atoms with Crippen LogP contribution in [0.15, 0.2) is 11.8 Å². The van der Waals surface area contributed by atoms with Gasteiger partial charge in [-0.3, -0.25) is 4.90 Å². The molecule has 7 heteroatoms. The minimum Gasteiger partial charge on any atom is -0.466 e. The number of esters is 2. The molecular weight excluding hydrogens is 302 g/mol. The predicted molar refractivity (Wildman–Crippen MR) is 82.4 cm³/mol. The number of ether oxygens (including phenoxy) is 3. The zero-order chi connectivity index (χ0) is 17.6. The van der Waals surface area contributed by atoms with Gasteiger partial charge in [-0.15, -0.1) is 0 Å². The molecule has 0 unspecified atom stereocenters. The topological polar surface area (TPSA) is 82.1 Å². The highest BCUT2D eigenvalue weighted by Crippen LogP contribution is 2.26. The van der Waals surface area contributed by atoms with Crippen LogP contribution in [0.1, 0.15) is 47.0 Å². The Bertz CT molecular complexity index is 491. The lowest BCUT2D eigenvalue weighted by molar-refractivity contribution is -0.148. The Morgan fingerprint density at radius 1 is 1.30 bits per heavy atom. The maximum absolute atomic E-state index is 12.3. The third-order valence-electron chi connectivity index (χ3n) is 3.11. The molecule has 1 heterocycles. The van der Waals surface area contributed by atoms with E-state index in [1.54, 1.807) is 20.8 Å². The van der Waals surface area contributed by atoms with Crippen molar-refractivity contribution in [1.29, 1.82) is 0 Å². The molecule has 1 aliphatic rings. The Morgan fingerprint density at radius 2 is 1.96 bits per heavy atom. The molecule has 1 atom stereocenters. The molecule has 1 amide bonds. The zero-order valence-electron chi connectivity index (χ0n) is 14.4. The van der Waals surface area contributed by atoms with E-state index in [4.69, 9.17) is 9.47 Å². The summed E-state index contributed by atoms with van der Waals surface area (Å²) in [6.45, 7) is 7.43. The molecule has 0 saturated heterocycles. The molecule has 1 aliphatic heterocycles. The molecule has 7 nitrogen and oxygen atoms in total. The average Bonchev–Trinajstić information content (AvgIpc) is 2.90. The number of nitrogens with zero attached hydrogens (tertiary/aromatic N) is 1. The smallest absolute Gasteiger partial charge is 0.415 e. The first-order chi connectivity index (χ1) is 10.7. The SMILES string of the molecule is CCCCOC(=O)[C@@H]1CC(C(=O)OC)=CN1C(=O)OC(C)(C)C. The Balaban J connectivity index is 2.88. The van der Waals surface area contributed by atoms with Crippen LogP contribution in [0.25, 0.3) is 0 Å². The van der Waals surface area contributed by atoms with E-state index in [1.807, 2.05) is 6.92 Å². The van der Waals surface area contributed by atoms with E-state index in [-0.39, 0.29) is 18.6 Å². The summed E-state index contributed by atoms with van der Waals surface area (Å²) >= 11 is 0. The molecule has 0 aromatic rings. The lowest BCUT2D eigenvalue weighted by Crippen LogP contribution is -2.42. The molecule has 0 aliphatic carbocycles. The van der Waals surface area contributed by atoms with E-state index in [9.17, 15) is 14.4 Å². The van der Waals surface area contributed by atoms with E-state index in [2.05, 4.69) is 4.74 Å². The summed E-state index contributed by atoms with van der Waals surface area (Å²) < 4.78 is 15.1. The zero-order valence-corrected chi connectivity index (χ0v) is 14.4. The normalized spacial score (nSPS) is 17.5. The quantitative estimate of drug-likeness (QED) is 0.438. The minimum atomic E-state index is -0.907. The summed E-state index contributed by atoms with van der Waals surface area (Å²) in [4.78, 5) is 37.2. The summed E-state index contributed by atoms with van der Waals surface area (Å²) in [6.07, 6.45) is 2.28. The van der Waals surface area contributed by atoms with E-state index in [0.29, 0.717) is 0 Å².